The summed E-state index contributed by atoms with van der Waals surface area (Å²) in [5.74, 6) is 0. The number of nitrogens with one attached hydrogen (secondary N) is 2. The molecule has 1 aliphatic rings. The number of carbonyl (C=O) groups excluding carboxylic acids is 1. The molecule has 0 unspecified atom stereocenters. The van der Waals surface area contributed by atoms with Crippen molar-refractivity contribution < 1.29 is 17.9 Å². The van der Waals surface area contributed by atoms with E-state index >= 15 is 0 Å². The number of piperidine rings is 1. The van der Waals surface area contributed by atoms with Gasteiger partial charge in [0.2, 0.25) is 10.0 Å². The summed E-state index contributed by atoms with van der Waals surface area (Å²) < 4.78 is 34.3. The van der Waals surface area contributed by atoms with Crippen LogP contribution in [0.4, 0.5) is 4.79 Å². The Balaban J connectivity index is 1.45. The van der Waals surface area contributed by atoms with Gasteiger partial charge in [-0.3, -0.25) is 0 Å². The fourth-order valence-corrected chi connectivity index (χ4v) is 5.60. The van der Waals surface area contributed by atoms with Gasteiger partial charge in [-0.15, -0.1) is 0 Å². The monoisotopic (exact) mass is 512 g/mol. The minimum absolute atomic E-state index is 0.0371. The third kappa shape index (κ3) is 5.90. The second-order valence-electron chi connectivity index (χ2n) is 11.4. The second kappa shape index (κ2) is 9.52. The number of pyridine rings is 1. The molecular weight excluding hydrogens is 476 g/mol. The Morgan fingerprint density at radius 2 is 1.69 bits per heavy atom. The summed E-state index contributed by atoms with van der Waals surface area (Å²) in [6, 6.07) is 10.8. The highest BCUT2D eigenvalue weighted by Gasteiger charge is 2.29. The number of likely N-dealkylation sites (tertiary alicyclic amines) is 1. The first-order valence-electron chi connectivity index (χ1n) is 12.3. The number of aromatic amines is 1. The van der Waals surface area contributed by atoms with Crippen LogP contribution in [0.25, 0.3) is 22.2 Å². The fraction of sp³-hybridized carbons (Fsp3) is 0.481. The van der Waals surface area contributed by atoms with Gasteiger partial charge in [-0.25, -0.2) is 22.9 Å². The number of amides is 1. The van der Waals surface area contributed by atoms with Gasteiger partial charge >= 0.3 is 6.09 Å². The summed E-state index contributed by atoms with van der Waals surface area (Å²) >= 11 is 0. The van der Waals surface area contributed by atoms with Crippen LogP contribution in [0, 0.1) is 0 Å². The van der Waals surface area contributed by atoms with Crippen LogP contribution in [-0.2, 0) is 20.2 Å². The van der Waals surface area contributed by atoms with Gasteiger partial charge in [0, 0.05) is 41.8 Å². The number of aromatic nitrogens is 2. The molecule has 9 heteroatoms. The van der Waals surface area contributed by atoms with Crippen molar-refractivity contribution in [1.29, 1.82) is 0 Å². The van der Waals surface area contributed by atoms with Gasteiger partial charge in [0.25, 0.3) is 0 Å². The zero-order valence-corrected chi connectivity index (χ0v) is 22.7. The van der Waals surface area contributed by atoms with Crippen LogP contribution in [0.2, 0.25) is 0 Å². The summed E-state index contributed by atoms with van der Waals surface area (Å²) in [6.07, 6.45) is 2.47. The number of hydrogen-bond acceptors (Lipinski definition) is 5. The van der Waals surface area contributed by atoms with Crippen molar-refractivity contribution in [2.24, 2.45) is 0 Å². The van der Waals surface area contributed by atoms with Gasteiger partial charge in [-0.2, -0.15) is 0 Å². The van der Waals surface area contributed by atoms with E-state index in [9.17, 15) is 13.2 Å². The smallest absolute Gasteiger partial charge is 0.410 e. The molecule has 0 aliphatic carbocycles. The van der Waals surface area contributed by atoms with E-state index in [0.717, 1.165) is 27.9 Å². The molecule has 3 heterocycles. The zero-order valence-electron chi connectivity index (χ0n) is 21.9. The zero-order chi connectivity index (χ0) is 26.3. The fourth-order valence-electron chi connectivity index (χ4n) is 4.29. The number of fused-ring (bicyclic) bond motifs is 1. The Hall–Kier alpha value is -2.91. The average Bonchev–Trinajstić information content (AvgIpc) is 3.23. The Morgan fingerprint density at radius 1 is 1.06 bits per heavy atom. The third-order valence-electron chi connectivity index (χ3n) is 6.28. The van der Waals surface area contributed by atoms with E-state index in [1.807, 2.05) is 39.0 Å². The van der Waals surface area contributed by atoms with Crippen LogP contribution >= 0.6 is 0 Å². The number of hydrogen-bond donors (Lipinski definition) is 2. The molecule has 3 aromatic rings. The van der Waals surface area contributed by atoms with E-state index < -0.39 is 15.6 Å². The highest BCUT2D eigenvalue weighted by atomic mass is 32.2. The molecule has 1 fully saturated rings. The first-order chi connectivity index (χ1) is 16.7. The molecule has 1 aromatic carbocycles. The van der Waals surface area contributed by atoms with Crippen molar-refractivity contribution in [3.05, 3.63) is 48.3 Å². The molecule has 8 nitrogen and oxygen atoms in total. The van der Waals surface area contributed by atoms with Crippen molar-refractivity contribution in [2.75, 3.05) is 13.1 Å². The molecule has 2 N–H and O–H groups in total. The molecule has 194 valence electrons. The van der Waals surface area contributed by atoms with E-state index in [2.05, 4.69) is 41.5 Å². The summed E-state index contributed by atoms with van der Waals surface area (Å²) in [5.41, 5.74) is 3.24. The Bertz CT molecular complexity index is 1340. The summed E-state index contributed by atoms with van der Waals surface area (Å²) in [6.45, 7) is 12.8. The molecule has 0 saturated carbocycles. The van der Waals surface area contributed by atoms with Gasteiger partial charge in [0.05, 0.1) is 4.90 Å². The maximum atomic E-state index is 13.0. The second-order valence-corrected chi connectivity index (χ2v) is 13.2. The summed E-state index contributed by atoms with van der Waals surface area (Å²) in [5, 5.41) is 1.01. The number of rotatable bonds is 4. The van der Waals surface area contributed by atoms with E-state index in [1.54, 1.807) is 23.2 Å². The number of ether oxygens (including phenoxy) is 1. The van der Waals surface area contributed by atoms with Crippen LogP contribution in [0.5, 0.6) is 0 Å². The highest BCUT2D eigenvalue weighted by Crippen LogP contribution is 2.32. The minimum Gasteiger partial charge on any atom is -0.444 e. The van der Waals surface area contributed by atoms with E-state index in [0.29, 0.717) is 25.9 Å². The molecule has 36 heavy (non-hydrogen) atoms. The van der Waals surface area contributed by atoms with Crippen molar-refractivity contribution in [2.45, 2.75) is 76.3 Å². The number of nitrogens with zero attached hydrogens (tertiary/aromatic N) is 2. The first-order valence-corrected chi connectivity index (χ1v) is 13.8. The van der Waals surface area contributed by atoms with Crippen molar-refractivity contribution in [1.82, 2.24) is 19.6 Å². The molecule has 0 spiro atoms. The Labute approximate surface area is 213 Å². The van der Waals surface area contributed by atoms with Crippen LogP contribution in [0.1, 0.15) is 60.1 Å². The van der Waals surface area contributed by atoms with Gasteiger partial charge in [-0.05, 0) is 69.0 Å². The number of benzene rings is 1. The lowest BCUT2D eigenvalue weighted by Gasteiger charge is -2.33. The van der Waals surface area contributed by atoms with Crippen LogP contribution < -0.4 is 4.72 Å². The van der Waals surface area contributed by atoms with Crippen LogP contribution in [-0.4, -0.2) is 54.1 Å². The molecule has 0 radical (unpaired) electrons. The molecule has 1 aliphatic heterocycles. The maximum Gasteiger partial charge on any atom is 0.410 e. The minimum atomic E-state index is -3.69. The van der Waals surface area contributed by atoms with Crippen LogP contribution in [0.15, 0.2) is 47.5 Å². The van der Waals surface area contributed by atoms with Crippen molar-refractivity contribution in [3.63, 3.8) is 0 Å². The molecule has 2 aromatic heterocycles. The standard InChI is InChI=1S/C27H36N4O4S/c1-26(2,3)23-17-22-21(11-14-28-24(22)29-23)18-7-9-20(10-8-18)36(33,34)30-19-12-15-31(16-13-19)25(32)35-27(4,5)6/h7-11,14,17,19,30H,12-13,15-16H2,1-6H3,(H,28,29). The van der Waals surface area contributed by atoms with Crippen molar-refractivity contribution in [3.8, 4) is 11.1 Å². The normalized spacial score (nSPS) is 15.9. The molecule has 0 atom stereocenters. The quantitative estimate of drug-likeness (QED) is 0.500. The summed E-state index contributed by atoms with van der Waals surface area (Å²) in [4.78, 5) is 22.0. The van der Waals surface area contributed by atoms with Crippen molar-refractivity contribution >= 4 is 27.1 Å². The predicted octanol–water partition coefficient (Wildman–Crippen LogP) is 5.21. The lowest BCUT2D eigenvalue weighted by Crippen LogP contribution is -2.47. The van der Waals surface area contributed by atoms with E-state index in [1.165, 1.54) is 0 Å². The Kier molecular flexibility index (Phi) is 6.92. The van der Waals surface area contributed by atoms with Crippen LogP contribution in [0.3, 0.4) is 0 Å². The SMILES string of the molecule is CC(C)(C)OC(=O)N1CCC(NS(=O)(=O)c2ccc(-c3ccnc4[nH]c(C(C)(C)C)cc34)cc2)CC1. The highest BCUT2D eigenvalue weighted by molar-refractivity contribution is 7.89. The van der Waals surface area contributed by atoms with Gasteiger partial charge in [0.1, 0.15) is 11.2 Å². The molecule has 1 amide bonds. The molecule has 4 rings (SSSR count). The lowest BCUT2D eigenvalue weighted by atomic mass is 9.92. The Morgan fingerprint density at radius 3 is 2.28 bits per heavy atom. The van der Waals surface area contributed by atoms with E-state index in [4.69, 9.17) is 4.74 Å². The largest absolute Gasteiger partial charge is 0.444 e. The maximum absolute atomic E-state index is 13.0. The molecule has 1 saturated heterocycles. The lowest BCUT2D eigenvalue weighted by molar-refractivity contribution is 0.0203. The number of H-pyrrole nitrogens is 1. The number of sulfonamides is 1. The average molecular weight is 513 g/mol. The predicted molar refractivity (Wildman–Crippen MR) is 141 cm³/mol. The van der Waals surface area contributed by atoms with Gasteiger partial charge < -0.3 is 14.6 Å². The van der Waals surface area contributed by atoms with Gasteiger partial charge in [0.15, 0.2) is 0 Å². The topological polar surface area (TPSA) is 104 Å². The first kappa shape index (κ1) is 26.2. The molecule has 0 bridgehead atoms. The molecular formula is C27H36N4O4S. The summed E-state index contributed by atoms with van der Waals surface area (Å²) in [7, 11) is -3.69. The van der Waals surface area contributed by atoms with Gasteiger partial charge in [-0.1, -0.05) is 32.9 Å². The third-order valence-corrected chi connectivity index (χ3v) is 7.82. The van der Waals surface area contributed by atoms with E-state index in [-0.39, 0.29) is 22.4 Å². The number of carbonyl (C=O) groups is 1.